The van der Waals surface area contributed by atoms with E-state index in [1.165, 1.54) is 0 Å². The van der Waals surface area contributed by atoms with Crippen molar-refractivity contribution in [3.8, 4) is 17.2 Å². The third-order valence-electron chi connectivity index (χ3n) is 2.16. The van der Waals surface area contributed by atoms with E-state index in [9.17, 15) is 4.79 Å². The first-order valence-corrected chi connectivity index (χ1v) is 5.24. The summed E-state index contributed by atoms with van der Waals surface area (Å²) in [5.74, 6) is 0.808. The molecule has 0 aliphatic heterocycles. The Bertz CT molecular complexity index is 353. The summed E-state index contributed by atoms with van der Waals surface area (Å²) in [4.78, 5) is 10.4. The molecule has 0 heterocycles. The van der Waals surface area contributed by atoms with Crippen LogP contribution in [0.2, 0.25) is 0 Å². The van der Waals surface area contributed by atoms with E-state index < -0.39 is 5.97 Å². The average molecular weight is 240 g/mol. The summed E-state index contributed by atoms with van der Waals surface area (Å²) in [6.07, 6.45) is 0.522. The molecule has 17 heavy (non-hydrogen) atoms. The molecule has 0 bridgehead atoms. The molecule has 1 aromatic rings. The highest BCUT2D eigenvalue weighted by Crippen LogP contribution is 2.36. The van der Waals surface area contributed by atoms with Crippen molar-refractivity contribution in [3.63, 3.8) is 0 Å². The van der Waals surface area contributed by atoms with Crippen LogP contribution in [0.5, 0.6) is 17.2 Å². The van der Waals surface area contributed by atoms with E-state index in [2.05, 4.69) is 0 Å². The van der Waals surface area contributed by atoms with Gasteiger partial charge in [-0.2, -0.15) is 0 Å². The molecular formula is C12H16O5. The van der Waals surface area contributed by atoms with Crippen LogP contribution in [0.15, 0.2) is 18.2 Å². The van der Waals surface area contributed by atoms with E-state index >= 15 is 0 Å². The number of methoxy groups -OCH3 is 2. The lowest BCUT2D eigenvalue weighted by Gasteiger charge is -2.13. The van der Waals surface area contributed by atoms with Crippen LogP contribution >= 0.6 is 0 Å². The van der Waals surface area contributed by atoms with Gasteiger partial charge in [0, 0.05) is 6.42 Å². The number of rotatable bonds is 7. The van der Waals surface area contributed by atoms with E-state index in [4.69, 9.17) is 19.3 Å². The van der Waals surface area contributed by atoms with Crippen molar-refractivity contribution in [3.05, 3.63) is 18.2 Å². The summed E-state index contributed by atoms with van der Waals surface area (Å²) in [6.45, 7) is 0.309. The number of aliphatic carboxylic acids is 1. The van der Waals surface area contributed by atoms with Gasteiger partial charge in [-0.1, -0.05) is 6.07 Å². The zero-order valence-corrected chi connectivity index (χ0v) is 9.93. The summed E-state index contributed by atoms with van der Waals surface area (Å²) >= 11 is 0. The molecule has 5 heteroatoms. The molecule has 0 saturated heterocycles. The maximum atomic E-state index is 10.4. The van der Waals surface area contributed by atoms with Gasteiger partial charge >= 0.3 is 5.97 Å². The predicted octanol–water partition coefficient (Wildman–Crippen LogP) is 1.95. The topological polar surface area (TPSA) is 65.0 Å². The second-order valence-electron chi connectivity index (χ2n) is 3.34. The van der Waals surface area contributed by atoms with Gasteiger partial charge < -0.3 is 19.3 Å². The number of carboxylic acids is 1. The fraction of sp³-hybridized carbons (Fsp3) is 0.417. The molecule has 0 aliphatic rings. The van der Waals surface area contributed by atoms with Gasteiger partial charge in [0.1, 0.15) is 0 Å². The van der Waals surface area contributed by atoms with Gasteiger partial charge in [0.05, 0.1) is 20.8 Å². The van der Waals surface area contributed by atoms with E-state index in [0.29, 0.717) is 30.3 Å². The van der Waals surface area contributed by atoms with Crippen molar-refractivity contribution < 1.29 is 24.1 Å². The van der Waals surface area contributed by atoms with E-state index in [1.54, 1.807) is 32.4 Å². The Morgan fingerprint density at radius 1 is 1.24 bits per heavy atom. The lowest BCUT2D eigenvalue weighted by molar-refractivity contribution is -0.137. The Balaban J connectivity index is 2.64. The Labute approximate surface area is 99.9 Å². The highest BCUT2D eigenvalue weighted by molar-refractivity contribution is 5.66. The van der Waals surface area contributed by atoms with Crippen molar-refractivity contribution >= 4 is 5.97 Å². The van der Waals surface area contributed by atoms with Gasteiger partial charge in [0.25, 0.3) is 0 Å². The minimum atomic E-state index is -0.833. The highest BCUT2D eigenvalue weighted by Gasteiger charge is 2.10. The van der Waals surface area contributed by atoms with Crippen molar-refractivity contribution in [1.29, 1.82) is 0 Å². The van der Waals surface area contributed by atoms with Crippen LogP contribution in [0.1, 0.15) is 12.8 Å². The van der Waals surface area contributed by atoms with E-state index in [-0.39, 0.29) is 6.42 Å². The monoisotopic (exact) mass is 240 g/mol. The Kier molecular flexibility index (Phi) is 5.13. The summed E-state index contributed by atoms with van der Waals surface area (Å²) < 4.78 is 15.8. The predicted molar refractivity (Wildman–Crippen MR) is 61.9 cm³/mol. The third kappa shape index (κ3) is 3.86. The summed E-state index contributed by atoms with van der Waals surface area (Å²) in [5, 5.41) is 8.51. The van der Waals surface area contributed by atoms with Crippen LogP contribution in [-0.4, -0.2) is 31.9 Å². The zero-order chi connectivity index (χ0) is 12.7. The lowest BCUT2D eigenvalue weighted by Crippen LogP contribution is -2.04. The molecule has 1 N–H and O–H groups in total. The molecule has 1 rings (SSSR count). The van der Waals surface area contributed by atoms with Crippen LogP contribution < -0.4 is 14.2 Å². The summed E-state index contributed by atoms with van der Waals surface area (Å²) in [7, 11) is 3.08. The molecule has 1 aromatic carbocycles. The van der Waals surface area contributed by atoms with E-state index in [0.717, 1.165) is 0 Å². The number of ether oxygens (including phenoxy) is 3. The molecule has 0 spiro atoms. The molecule has 0 aromatic heterocycles. The van der Waals surface area contributed by atoms with Crippen LogP contribution in [-0.2, 0) is 4.79 Å². The summed E-state index contributed by atoms with van der Waals surface area (Å²) in [6, 6.07) is 5.31. The number of carboxylic acid groups (broad SMARTS) is 1. The molecule has 5 nitrogen and oxygen atoms in total. The van der Waals surface area contributed by atoms with Gasteiger partial charge in [-0.25, -0.2) is 0 Å². The van der Waals surface area contributed by atoms with Crippen LogP contribution in [0.4, 0.5) is 0 Å². The molecule has 0 saturated carbocycles. The van der Waals surface area contributed by atoms with Gasteiger partial charge in [-0.05, 0) is 18.6 Å². The molecular weight excluding hydrogens is 224 g/mol. The Hall–Kier alpha value is -1.91. The van der Waals surface area contributed by atoms with Gasteiger partial charge in [0.2, 0.25) is 5.75 Å². The quantitative estimate of drug-likeness (QED) is 0.738. The summed E-state index contributed by atoms with van der Waals surface area (Å²) in [5.41, 5.74) is 0. The minimum absolute atomic E-state index is 0.0808. The molecule has 94 valence electrons. The number of hydrogen-bond acceptors (Lipinski definition) is 4. The Morgan fingerprint density at radius 3 is 2.29 bits per heavy atom. The third-order valence-corrected chi connectivity index (χ3v) is 2.16. The maximum absolute atomic E-state index is 10.4. The molecule has 0 aliphatic carbocycles. The fourth-order valence-corrected chi connectivity index (χ4v) is 1.36. The minimum Gasteiger partial charge on any atom is -0.493 e. The Morgan fingerprint density at radius 2 is 1.82 bits per heavy atom. The zero-order valence-electron chi connectivity index (χ0n) is 9.93. The average Bonchev–Trinajstić information content (AvgIpc) is 2.34. The molecule has 0 atom stereocenters. The van der Waals surface area contributed by atoms with Crippen molar-refractivity contribution in [2.24, 2.45) is 0 Å². The van der Waals surface area contributed by atoms with Gasteiger partial charge in [-0.15, -0.1) is 0 Å². The first-order chi connectivity index (χ1) is 8.19. The molecule has 0 unspecified atom stereocenters. The van der Waals surface area contributed by atoms with Crippen molar-refractivity contribution in [1.82, 2.24) is 0 Å². The number of para-hydroxylation sites is 1. The largest absolute Gasteiger partial charge is 0.493 e. The first kappa shape index (κ1) is 13.2. The van der Waals surface area contributed by atoms with Crippen LogP contribution in [0, 0.1) is 0 Å². The molecule has 0 radical (unpaired) electrons. The number of benzene rings is 1. The standard InChI is InChI=1S/C12H16O5/c1-15-9-5-3-6-10(16-2)12(9)17-8-4-7-11(13)14/h3,5-6H,4,7-8H2,1-2H3,(H,13,14). The smallest absolute Gasteiger partial charge is 0.303 e. The molecule has 0 amide bonds. The fourth-order valence-electron chi connectivity index (χ4n) is 1.36. The van der Waals surface area contributed by atoms with Crippen LogP contribution in [0.3, 0.4) is 0 Å². The van der Waals surface area contributed by atoms with Crippen molar-refractivity contribution in [2.75, 3.05) is 20.8 Å². The SMILES string of the molecule is COc1cccc(OC)c1OCCCC(=O)O. The second-order valence-corrected chi connectivity index (χ2v) is 3.34. The number of carbonyl (C=O) groups is 1. The van der Waals surface area contributed by atoms with Gasteiger partial charge in [0.15, 0.2) is 11.5 Å². The van der Waals surface area contributed by atoms with Crippen molar-refractivity contribution in [2.45, 2.75) is 12.8 Å². The highest BCUT2D eigenvalue weighted by atomic mass is 16.5. The lowest BCUT2D eigenvalue weighted by atomic mass is 10.3. The maximum Gasteiger partial charge on any atom is 0.303 e. The number of hydrogen-bond donors (Lipinski definition) is 1. The van der Waals surface area contributed by atoms with Crippen LogP contribution in [0.25, 0.3) is 0 Å². The second kappa shape index (κ2) is 6.62. The van der Waals surface area contributed by atoms with E-state index in [1.807, 2.05) is 0 Å². The van der Waals surface area contributed by atoms with Gasteiger partial charge in [-0.3, -0.25) is 4.79 Å². The first-order valence-electron chi connectivity index (χ1n) is 5.24. The molecule has 0 fully saturated rings. The normalized spacial score (nSPS) is 9.76.